The quantitative estimate of drug-likeness (QED) is 0.759. The van der Waals surface area contributed by atoms with Gasteiger partial charge in [-0.1, -0.05) is 24.8 Å². The number of aromatic nitrogens is 2. The first kappa shape index (κ1) is 18.9. The van der Waals surface area contributed by atoms with E-state index >= 15 is 0 Å². The zero-order valence-electron chi connectivity index (χ0n) is 15.5. The molecule has 3 atom stereocenters. The third kappa shape index (κ3) is 3.25. The summed E-state index contributed by atoms with van der Waals surface area (Å²) < 4.78 is 35.2. The van der Waals surface area contributed by atoms with Crippen LogP contribution in [0, 0.1) is 12.8 Å². The van der Waals surface area contributed by atoms with Gasteiger partial charge in [-0.25, -0.2) is 13.1 Å². The van der Waals surface area contributed by atoms with Crippen LogP contribution in [-0.4, -0.2) is 53.8 Å². The highest BCUT2D eigenvalue weighted by atomic mass is 32.2. The molecule has 0 spiro atoms. The lowest BCUT2D eigenvalue weighted by molar-refractivity contribution is -0.120. The molecule has 2 fully saturated rings. The van der Waals surface area contributed by atoms with Crippen LogP contribution < -0.4 is 5.32 Å². The van der Waals surface area contributed by atoms with Crippen LogP contribution in [0.15, 0.2) is 54.1 Å². The largest absolute Gasteiger partial charge is 0.354 e. The third-order valence-corrected chi connectivity index (χ3v) is 7.21. The number of para-hydroxylation sites is 1. The minimum absolute atomic E-state index is 0.0503. The minimum Gasteiger partial charge on any atom is -0.354 e. The zero-order valence-corrected chi connectivity index (χ0v) is 16.3. The Balaban J connectivity index is 1.50. The molecule has 2 aliphatic rings. The van der Waals surface area contributed by atoms with Crippen molar-refractivity contribution in [1.29, 1.82) is 0 Å². The molecule has 4 rings (SSSR count). The van der Waals surface area contributed by atoms with Crippen molar-refractivity contribution in [2.75, 3.05) is 13.1 Å². The molecule has 0 aliphatic carbocycles. The summed E-state index contributed by atoms with van der Waals surface area (Å²) in [5.74, 6) is -0.243. The van der Waals surface area contributed by atoms with Crippen molar-refractivity contribution in [2.45, 2.75) is 30.6 Å². The minimum atomic E-state index is -3.68. The Bertz CT molecular complexity index is 988. The number of amides is 1. The molecule has 3 heterocycles. The molecule has 9 heteroatoms. The predicted molar refractivity (Wildman–Crippen MR) is 102 cm³/mol. The molecule has 1 amide bonds. The zero-order chi connectivity index (χ0) is 19.9. The molecule has 1 N–H and O–H groups in total. The number of ether oxygens (including phenoxy) is 1. The van der Waals surface area contributed by atoms with Gasteiger partial charge < -0.3 is 10.1 Å². The van der Waals surface area contributed by atoms with Gasteiger partial charge in [-0.2, -0.15) is 9.40 Å². The Morgan fingerprint density at radius 1 is 1.32 bits per heavy atom. The SMILES string of the molecule is C=CC(=O)NC1CC2CN(S(=O)(=O)c3cnn(-c4ccccc4)c3C)CC2O1. The second-order valence-electron chi connectivity index (χ2n) is 7.04. The van der Waals surface area contributed by atoms with E-state index in [2.05, 4.69) is 17.0 Å². The number of sulfonamides is 1. The van der Waals surface area contributed by atoms with Crippen molar-refractivity contribution >= 4 is 15.9 Å². The van der Waals surface area contributed by atoms with Gasteiger partial charge in [0.25, 0.3) is 0 Å². The monoisotopic (exact) mass is 402 g/mol. The van der Waals surface area contributed by atoms with Gasteiger partial charge in [0.15, 0.2) is 0 Å². The van der Waals surface area contributed by atoms with E-state index in [1.54, 1.807) is 11.6 Å². The summed E-state index contributed by atoms with van der Waals surface area (Å²) in [7, 11) is -3.68. The fourth-order valence-corrected chi connectivity index (χ4v) is 5.50. The molecule has 8 nitrogen and oxygen atoms in total. The number of rotatable bonds is 5. The van der Waals surface area contributed by atoms with E-state index in [1.165, 1.54) is 16.6 Å². The van der Waals surface area contributed by atoms with E-state index in [9.17, 15) is 13.2 Å². The fourth-order valence-electron chi connectivity index (χ4n) is 3.85. The predicted octanol–water partition coefficient (Wildman–Crippen LogP) is 1.22. The van der Waals surface area contributed by atoms with E-state index in [4.69, 9.17) is 4.74 Å². The van der Waals surface area contributed by atoms with Crippen LogP contribution in [-0.2, 0) is 19.6 Å². The Kier molecular flexibility index (Phi) is 4.82. The highest BCUT2D eigenvalue weighted by Crippen LogP contribution is 2.35. The molecule has 2 aliphatic heterocycles. The van der Waals surface area contributed by atoms with Gasteiger partial charge in [-0.15, -0.1) is 0 Å². The highest BCUT2D eigenvalue weighted by molar-refractivity contribution is 7.89. The van der Waals surface area contributed by atoms with Crippen LogP contribution in [0.4, 0.5) is 0 Å². The Morgan fingerprint density at radius 2 is 2.07 bits per heavy atom. The van der Waals surface area contributed by atoms with E-state index in [0.717, 1.165) is 5.69 Å². The maximum absolute atomic E-state index is 13.2. The van der Waals surface area contributed by atoms with Crippen molar-refractivity contribution in [3.05, 3.63) is 54.9 Å². The van der Waals surface area contributed by atoms with Gasteiger partial charge in [0.05, 0.1) is 23.7 Å². The summed E-state index contributed by atoms with van der Waals surface area (Å²) in [6.45, 7) is 5.80. The highest BCUT2D eigenvalue weighted by Gasteiger charge is 2.46. The molecule has 0 bridgehead atoms. The summed E-state index contributed by atoms with van der Waals surface area (Å²) in [5, 5.41) is 6.99. The molecular formula is C19H22N4O4S. The van der Waals surface area contributed by atoms with E-state index < -0.39 is 16.3 Å². The number of hydrogen-bond donors (Lipinski definition) is 1. The Morgan fingerprint density at radius 3 is 2.75 bits per heavy atom. The van der Waals surface area contributed by atoms with Gasteiger partial charge in [0.1, 0.15) is 11.1 Å². The van der Waals surface area contributed by atoms with E-state index in [1.807, 2.05) is 30.3 Å². The van der Waals surface area contributed by atoms with Crippen molar-refractivity contribution in [3.8, 4) is 5.69 Å². The number of carbonyl (C=O) groups excluding carboxylic acids is 1. The molecule has 1 aromatic carbocycles. The average Bonchev–Trinajstić information content (AvgIpc) is 3.35. The molecule has 148 valence electrons. The van der Waals surface area contributed by atoms with Crippen molar-refractivity contribution in [3.63, 3.8) is 0 Å². The first-order valence-electron chi connectivity index (χ1n) is 9.08. The first-order valence-corrected chi connectivity index (χ1v) is 10.5. The summed E-state index contributed by atoms with van der Waals surface area (Å²) in [5.41, 5.74) is 1.38. The molecule has 3 unspecified atom stereocenters. The maximum Gasteiger partial charge on any atom is 0.246 e. The molecule has 2 saturated heterocycles. The van der Waals surface area contributed by atoms with Gasteiger partial charge in [-0.05, 0) is 31.6 Å². The van der Waals surface area contributed by atoms with Crippen molar-refractivity contribution in [1.82, 2.24) is 19.4 Å². The molecule has 28 heavy (non-hydrogen) atoms. The lowest BCUT2D eigenvalue weighted by Crippen LogP contribution is -2.37. The van der Waals surface area contributed by atoms with Gasteiger partial charge >= 0.3 is 0 Å². The number of nitrogens with one attached hydrogen (secondary N) is 1. The van der Waals surface area contributed by atoms with Crippen LogP contribution >= 0.6 is 0 Å². The topological polar surface area (TPSA) is 93.5 Å². The van der Waals surface area contributed by atoms with Gasteiger partial charge in [0, 0.05) is 19.0 Å². The third-order valence-electron chi connectivity index (χ3n) is 5.28. The van der Waals surface area contributed by atoms with Crippen molar-refractivity contribution in [2.24, 2.45) is 5.92 Å². The normalized spacial score (nSPS) is 24.8. The summed E-state index contributed by atoms with van der Waals surface area (Å²) >= 11 is 0. The van der Waals surface area contributed by atoms with Gasteiger partial charge in [0.2, 0.25) is 15.9 Å². The maximum atomic E-state index is 13.2. The number of nitrogens with zero attached hydrogens (tertiary/aromatic N) is 3. The molecular weight excluding hydrogens is 380 g/mol. The number of benzene rings is 1. The number of fused-ring (bicyclic) bond motifs is 1. The lowest BCUT2D eigenvalue weighted by atomic mass is 10.1. The fraction of sp³-hybridized carbons (Fsp3) is 0.368. The van der Waals surface area contributed by atoms with Crippen LogP contribution in [0.25, 0.3) is 5.69 Å². The van der Waals surface area contributed by atoms with E-state index in [-0.39, 0.29) is 29.4 Å². The first-order chi connectivity index (χ1) is 13.4. The summed E-state index contributed by atoms with van der Waals surface area (Å²) in [6, 6.07) is 9.41. The van der Waals surface area contributed by atoms with Crippen LogP contribution in [0.3, 0.4) is 0 Å². The summed E-state index contributed by atoms with van der Waals surface area (Å²) in [6.07, 6.45) is 2.56. The van der Waals surface area contributed by atoms with Crippen molar-refractivity contribution < 1.29 is 17.9 Å². The molecule has 0 radical (unpaired) electrons. The molecule has 2 aromatic rings. The molecule has 0 saturated carbocycles. The number of carbonyl (C=O) groups is 1. The molecule has 1 aromatic heterocycles. The Hall–Kier alpha value is -2.49. The standard InChI is InChI=1S/C19H22N4O4S/c1-3-18(24)21-19-9-14-11-22(12-16(14)27-19)28(25,26)17-10-20-23(13(17)2)15-7-5-4-6-8-15/h3-8,10,14,16,19H,1,9,11-12H2,2H3,(H,21,24). The van der Waals surface area contributed by atoms with Crippen LogP contribution in [0.5, 0.6) is 0 Å². The van der Waals surface area contributed by atoms with E-state index in [0.29, 0.717) is 18.7 Å². The van der Waals surface area contributed by atoms with Crippen LogP contribution in [0.2, 0.25) is 0 Å². The van der Waals surface area contributed by atoms with Crippen LogP contribution in [0.1, 0.15) is 12.1 Å². The average molecular weight is 402 g/mol. The second kappa shape index (κ2) is 7.16. The second-order valence-corrected chi connectivity index (χ2v) is 8.94. The lowest BCUT2D eigenvalue weighted by Gasteiger charge is -2.19. The number of hydrogen-bond acceptors (Lipinski definition) is 5. The Labute approximate surface area is 163 Å². The summed E-state index contributed by atoms with van der Waals surface area (Å²) in [4.78, 5) is 11.6. The smallest absolute Gasteiger partial charge is 0.246 e. The van der Waals surface area contributed by atoms with Gasteiger partial charge in [-0.3, -0.25) is 4.79 Å².